The summed E-state index contributed by atoms with van der Waals surface area (Å²) in [4.78, 5) is 26.8. The van der Waals surface area contributed by atoms with Crippen LogP contribution < -0.4 is 0 Å². The molecule has 0 radical (unpaired) electrons. The highest BCUT2D eigenvalue weighted by molar-refractivity contribution is 5.88. The number of carboxylic acids is 1. The first kappa shape index (κ1) is 15.3. The number of carbonyl (C=O) groups excluding carboxylic acids is 1. The van der Waals surface area contributed by atoms with Gasteiger partial charge in [0.1, 0.15) is 0 Å². The number of aliphatic hydroxyl groups excluding tert-OH is 1. The molecule has 1 heterocycles. The molecule has 2 N–H and O–H groups in total. The fraction of sp³-hybridized carbons (Fsp3) is 0.467. The number of hydrogen-bond acceptors (Lipinski definition) is 3. The first-order valence-corrected chi connectivity index (χ1v) is 7.06. The van der Waals surface area contributed by atoms with Gasteiger partial charge in [-0.2, -0.15) is 0 Å². The van der Waals surface area contributed by atoms with Crippen molar-refractivity contribution in [3.8, 4) is 0 Å². The number of nitrogens with zero attached hydrogens (tertiary/aromatic N) is 2. The Morgan fingerprint density at radius 1 is 1.29 bits per heavy atom. The van der Waals surface area contributed by atoms with Gasteiger partial charge in [0.2, 0.25) is 0 Å². The molecule has 1 aliphatic heterocycles. The van der Waals surface area contributed by atoms with Gasteiger partial charge in [-0.1, -0.05) is 6.07 Å². The molecule has 0 spiro atoms. The van der Waals surface area contributed by atoms with E-state index in [1.807, 2.05) is 6.92 Å². The quantitative estimate of drug-likeness (QED) is 0.862. The first-order chi connectivity index (χ1) is 10.1. The van der Waals surface area contributed by atoms with Gasteiger partial charge in [-0.3, -0.25) is 0 Å². The number of fused-ring (bicyclic) bond motifs is 1. The number of urea groups is 1. The van der Waals surface area contributed by atoms with Crippen molar-refractivity contribution in [3.63, 3.8) is 0 Å². The number of carbonyl (C=O) groups is 2. The lowest BCUT2D eigenvalue weighted by molar-refractivity contribution is 0.0696. The summed E-state index contributed by atoms with van der Waals surface area (Å²) in [6.45, 7) is 4.02. The molecule has 6 heteroatoms. The van der Waals surface area contributed by atoms with Crippen LogP contribution in [0.4, 0.5) is 4.79 Å². The third-order valence-electron chi connectivity index (χ3n) is 3.68. The third-order valence-corrected chi connectivity index (χ3v) is 3.68. The lowest BCUT2D eigenvalue weighted by atomic mass is 10.1. The maximum Gasteiger partial charge on any atom is 0.335 e. The van der Waals surface area contributed by atoms with Gasteiger partial charge in [0.15, 0.2) is 0 Å². The zero-order chi connectivity index (χ0) is 15.4. The van der Waals surface area contributed by atoms with Crippen LogP contribution in [0.15, 0.2) is 18.2 Å². The molecular formula is C15H20N2O4. The highest BCUT2D eigenvalue weighted by atomic mass is 16.4. The van der Waals surface area contributed by atoms with Gasteiger partial charge in [-0.15, -0.1) is 0 Å². The van der Waals surface area contributed by atoms with Crippen LogP contribution in [0.25, 0.3) is 0 Å². The second kappa shape index (κ2) is 6.58. The molecule has 0 fully saturated rings. The van der Waals surface area contributed by atoms with Gasteiger partial charge in [-0.25, -0.2) is 9.59 Å². The van der Waals surface area contributed by atoms with E-state index in [1.165, 1.54) is 0 Å². The van der Waals surface area contributed by atoms with E-state index < -0.39 is 5.97 Å². The van der Waals surface area contributed by atoms with E-state index in [0.717, 1.165) is 11.1 Å². The number of carboxylic acid groups (broad SMARTS) is 1. The predicted octanol–water partition coefficient (Wildman–Crippen LogP) is 1.52. The van der Waals surface area contributed by atoms with E-state index in [2.05, 4.69) is 0 Å². The Kier molecular flexibility index (Phi) is 4.80. The fourth-order valence-electron chi connectivity index (χ4n) is 2.51. The molecule has 2 rings (SSSR count). The maximum atomic E-state index is 12.4. The fourth-order valence-corrected chi connectivity index (χ4v) is 2.51. The zero-order valence-electron chi connectivity index (χ0n) is 12.1. The van der Waals surface area contributed by atoms with Crippen LogP contribution >= 0.6 is 0 Å². The second-order valence-corrected chi connectivity index (χ2v) is 5.08. The Bertz CT molecular complexity index is 544. The summed E-state index contributed by atoms with van der Waals surface area (Å²) < 4.78 is 0. The highest BCUT2D eigenvalue weighted by Gasteiger charge is 2.26. The molecular weight excluding hydrogens is 272 g/mol. The van der Waals surface area contributed by atoms with Crippen LogP contribution in [0.2, 0.25) is 0 Å². The maximum absolute atomic E-state index is 12.4. The minimum absolute atomic E-state index is 0.0615. The van der Waals surface area contributed by atoms with E-state index in [9.17, 15) is 9.59 Å². The lowest BCUT2D eigenvalue weighted by Crippen LogP contribution is -2.41. The van der Waals surface area contributed by atoms with Gasteiger partial charge in [0.05, 0.1) is 5.56 Å². The predicted molar refractivity (Wildman–Crippen MR) is 77.0 cm³/mol. The van der Waals surface area contributed by atoms with Gasteiger partial charge in [-0.05, 0) is 36.6 Å². The molecule has 1 aromatic carbocycles. The summed E-state index contributed by atoms with van der Waals surface area (Å²) in [6, 6.07) is 4.91. The van der Waals surface area contributed by atoms with E-state index in [1.54, 1.807) is 28.0 Å². The van der Waals surface area contributed by atoms with Crippen LogP contribution in [0.3, 0.4) is 0 Å². The molecule has 114 valence electrons. The summed E-state index contributed by atoms with van der Waals surface area (Å²) in [5.74, 6) is -0.958. The first-order valence-electron chi connectivity index (χ1n) is 7.06. The number of hydrogen-bond donors (Lipinski definition) is 2. The van der Waals surface area contributed by atoms with Crippen molar-refractivity contribution >= 4 is 12.0 Å². The molecule has 2 amide bonds. The van der Waals surface area contributed by atoms with Gasteiger partial charge in [0.25, 0.3) is 0 Å². The molecule has 0 unspecified atom stereocenters. The van der Waals surface area contributed by atoms with E-state index >= 15 is 0 Å². The lowest BCUT2D eigenvalue weighted by Gasteiger charge is -2.26. The number of benzene rings is 1. The van der Waals surface area contributed by atoms with Gasteiger partial charge in [0, 0.05) is 32.8 Å². The molecule has 1 aromatic rings. The Morgan fingerprint density at radius 2 is 2.00 bits per heavy atom. The topological polar surface area (TPSA) is 81.1 Å². The van der Waals surface area contributed by atoms with Crippen molar-refractivity contribution in [2.24, 2.45) is 0 Å². The minimum atomic E-state index is -0.958. The Balaban J connectivity index is 2.07. The molecule has 1 aliphatic rings. The summed E-state index contributed by atoms with van der Waals surface area (Å²) in [6.07, 6.45) is 0.559. The highest BCUT2D eigenvalue weighted by Crippen LogP contribution is 2.25. The molecule has 0 atom stereocenters. The SMILES string of the molecule is CCN(CCCO)C(=O)N1Cc2ccc(C(=O)O)cc2C1. The molecule has 0 saturated carbocycles. The summed E-state index contributed by atoms with van der Waals surface area (Å²) in [7, 11) is 0. The summed E-state index contributed by atoms with van der Waals surface area (Å²) in [5, 5.41) is 17.9. The average molecular weight is 292 g/mol. The normalized spacial score (nSPS) is 13.1. The van der Waals surface area contributed by atoms with Gasteiger partial charge >= 0.3 is 12.0 Å². The van der Waals surface area contributed by atoms with E-state index in [4.69, 9.17) is 10.2 Å². The van der Waals surface area contributed by atoms with Crippen molar-refractivity contribution in [2.75, 3.05) is 19.7 Å². The number of amides is 2. The largest absolute Gasteiger partial charge is 0.478 e. The van der Waals surface area contributed by atoms with Crippen molar-refractivity contribution in [1.82, 2.24) is 9.80 Å². The van der Waals surface area contributed by atoms with Crippen LogP contribution in [0.1, 0.15) is 34.8 Å². The second-order valence-electron chi connectivity index (χ2n) is 5.08. The number of rotatable bonds is 5. The molecule has 0 aliphatic carbocycles. The van der Waals surface area contributed by atoms with Crippen molar-refractivity contribution in [3.05, 3.63) is 34.9 Å². The van der Waals surface area contributed by atoms with Crippen LogP contribution in [0.5, 0.6) is 0 Å². The minimum Gasteiger partial charge on any atom is -0.478 e. The van der Waals surface area contributed by atoms with Crippen LogP contribution in [-0.2, 0) is 13.1 Å². The average Bonchev–Trinajstić information content (AvgIpc) is 2.90. The van der Waals surface area contributed by atoms with Gasteiger partial charge < -0.3 is 20.0 Å². The van der Waals surface area contributed by atoms with Crippen LogP contribution in [-0.4, -0.2) is 51.7 Å². The molecule has 0 aromatic heterocycles. The van der Waals surface area contributed by atoms with Crippen molar-refractivity contribution in [1.29, 1.82) is 0 Å². The molecule has 6 nitrogen and oxygen atoms in total. The van der Waals surface area contributed by atoms with Crippen molar-refractivity contribution < 1.29 is 19.8 Å². The number of aliphatic hydroxyl groups is 1. The monoisotopic (exact) mass is 292 g/mol. The molecule has 0 saturated heterocycles. The Hall–Kier alpha value is -2.08. The zero-order valence-corrected chi connectivity index (χ0v) is 12.1. The van der Waals surface area contributed by atoms with Crippen LogP contribution in [0, 0.1) is 0 Å². The smallest absolute Gasteiger partial charge is 0.335 e. The number of aromatic carboxylic acids is 1. The third kappa shape index (κ3) is 3.33. The summed E-state index contributed by atoms with van der Waals surface area (Å²) in [5.41, 5.74) is 2.13. The summed E-state index contributed by atoms with van der Waals surface area (Å²) >= 11 is 0. The van der Waals surface area contributed by atoms with E-state index in [0.29, 0.717) is 32.6 Å². The Morgan fingerprint density at radius 3 is 2.62 bits per heavy atom. The van der Waals surface area contributed by atoms with E-state index in [-0.39, 0.29) is 18.2 Å². The molecule has 0 bridgehead atoms. The molecule has 21 heavy (non-hydrogen) atoms. The Labute approximate surface area is 123 Å². The standard InChI is InChI=1S/C15H20N2O4/c1-2-16(6-3-7-18)15(21)17-9-12-5-4-11(14(19)20)8-13(12)10-17/h4-5,8,18H,2-3,6-7,9-10H2,1H3,(H,19,20). The van der Waals surface area contributed by atoms with Crippen molar-refractivity contribution in [2.45, 2.75) is 26.4 Å².